The third-order valence-electron chi connectivity index (χ3n) is 2.73. The molecule has 0 fully saturated rings. The molecule has 1 aromatic carbocycles. The molecule has 0 nitrogen and oxygen atoms in total. The summed E-state index contributed by atoms with van der Waals surface area (Å²) in [5.74, 6) is 0. The van der Waals surface area contributed by atoms with E-state index in [-0.39, 0.29) is 0 Å². The first-order valence-electron chi connectivity index (χ1n) is 5.86. The molecular weight excluding hydrogens is 180 g/mol. The van der Waals surface area contributed by atoms with Crippen molar-refractivity contribution in [2.45, 2.75) is 41.0 Å². The van der Waals surface area contributed by atoms with Crippen LogP contribution < -0.4 is 0 Å². The Kier molecular flexibility index (Phi) is 3.73. The van der Waals surface area contributed by atoms with Gasteiger partial charge in [0.2, 0.25) is 0 Å². The summed E-state index contributed by atoms with van der Waals surface area (Å²) >= 11 is 0. The van der Waals surface area contributed by atoms with Gasteiger partial charge in [-0.15, -0.1) is 0 Å². The van der Waals surface area contributed by atoms with E-state index in [1.165, 1.54) is 11.1 Å². The van der Waals surface area contributed by atoms with Gasteiger partial charge in [-0.25, -0.2) is 0 Å². The van der Waals surface area contributed by atoms with Crippen LogP contribution in [0.25, 0.3) is 6.08 Å². The third kappa shape index (κ3) is 2.71. The fourth-order valence-corrected chi connectivity index (χ4v) is 1.76. The zero-order valence-corrected chi connectivity index (χ0v) is 10.6. The highest BCUT2D eigenvalue weighted by molar-refractivity contribution is 5.64. The first-order chi connectivity index (χ1) is 7.07. The minimum Gasteiger partial charge on any atom is -0.0683 e. The Hall–Kier alpha value is -1.04. The summed E-state index contributed by atoms with van der Waals surface area (Å²) in [6.45, 7) is 10.8. The predicted octanol–water partition coefficient (Wildman–Crippen LogP) is 4.70. The van der Waals surface area contributed by atoms with Gasteiger partial charge in [-0.1, -0.05) is 70.5 Å². The van der Waals surface area contributed by atoms with Crippen LogP contribution in [-0.4, -0.2) is 0 Å². The molecule has 0 amide bonds. The summed E-state index contributed by atoms with van der Waals surface area (Å²) in [6, 6.07) is 8.66. The summed E-state index contributed by atoms with van der Waals surface area (Å²) in [4.78, 5) is 0. The molecule has 0 saturated carbocycles. The van der Waals surface area contributed by atoms with Crippen LogP contribution in [0.2, 0.25) is 0 Å². The maximum atomic E-state index is 2.34. The number of hydrogen-bond donors (Lipinski definition) is 0. The van der Waals surface area contributed by atoms with E-state index in [9.17, 15) is 0 Å². The normalized spacial score (nSPS) is 13.8. The molecule has 0 aromatic heterocycles. The summed E-state index contributed by atoms with van der Waals surface area (Å²) in [7, 11) is 0. The Labute approximate surface area is 94.0 Å². The van der Waals surface area contributed by atoms with Crippen LogP contribution in [0, 0.1) is 5.41 Å². The van der Waals surface area contributed by atoms with Gasteiger partial charge in [-0.3, -0.25) is 0 Å². The summed E-state index contributed by atoms with van der Waals surface area (Å²) in [5, 5.41) is 0. The Morgan fingerprint density at radius 2 is 1.60 bits per heavy atom. The average molecular weight is 202 g/mol. The second kappa shape index (κ2) is 4.65. The number of rotatable bonds is 0. The second-order valence-corrected chi connectivity index (χ2v) is 4.80. The van der Waals surface area contributed by atoms with Crippen LogP contribution in [0.3, 0.4) is 0 Å². The topological polar surface area (TPSA) is 0 Å². The predicted molar refractivity (Wildman–Crippen MR) is 68.9 cm³/mol. The quantitative estimate of drug-likeness (QED) is 0.572. The molecule has 82 valence electrons. The molecule has 0 unspecified atom stereocenters. The van der Waals surface area contributed by atoms with Gasteiger partial charge < -0.3 is 0 Å². The van der Waals surface area contributed by atoms with Crippen LogP contribution in [0.4, 0.5) is 0 Å². The van der Waals surface area contributed by atoms with Gasteiger partial charge in [-0.05, 0) is 23.0 Å². The lowest BCUT2D eigenvalue weighted by atomic mass is 9.85. The van der Waals surface area contributed by atoms with Crippen molar-refractivity contribution in [2.75, 3.05) is 0 Å². The van der Waals surface area contributed by atoms with E-state index in [0.717, 1.165) is 6.42 Å². The minimum atomic E-state index is 0.318. The largest absolute Gasteiger partial charge is 0.0683 e. The summed E-state index contributed by atoms with van der Waals surface area (Å²) < 4.78 is 0. The zero-order chi connectivity index (χ0) is 11.5. The zero-order valence-electron chi connectivity index (χ0n) is 10.6. The highest BCUT2D eigenvalue weighted by atomic mass is 14.3. The smallest absolute Gasteiger partial charge is 0.00526 e. The van der Waals surface area contributed by atoms with Crippen LogP contribution in [0.1, 0.15) is 45.7 Å². The lowest BCUT2D eigenvalue weighted by molar-refractivity contribution is 0.498. The van der Waals surface area contributed by atoms with Crippen molar-refractivity contribution in [1.29, 1.82) is 0 Å². The first kappa shape index (κ1) is 12.0. The SMILES string of the molecule is CC.CC(C)(C)C1=Cc2ccccc2C1. The molecule has 0 radical (unpaired) electrons. The van der Waals surface area contributed by atoms with E-state index in [1.54, 1.807) is 5.57 Å². The Balaban J connectivity index is 0.000000531. The molecule has 0 saturated heterocycles. The number of benzene rings is 1. The molecule has 0 bridgehead atoms. The number of allylic oxidation sites excluding steroid dienone is 1. The molecule has 0 heterocycles. The Morgan fingerprint density at radius 1 is 1.00 bits per heavy atom. The summed E-state index contributed by atoms with van der Waals surface area (Å²) in [5.41, 5.74) is 4.76. The molecule has 0 heteroatoms. The Morgan fingerprint density at radius 3 is 2.13 bits per heavy atom. The second-order valence-electron chi connectivity index (χ2n) is 4.80. The molecule has 0 N–H and O–H groups in total. The molecule has 1 aromatic rings. The van der Waals surface area contributed by atoms with Crippen molar-refractivity contribution in [2.24, 2.45) is 5.41 Å². The maximum absolute atomic E-state index is 2.34. The maximum Gasteiger partial charge on any atom is -0.00526 e. The molecule has 0 atom stereocenters. The minimum absolute atomic E-state index is 0.318. The third-order valence-corrected chi connectivity index (χ3v) is 2.73. The molecule has 2 rings (SSSR count). The van der Waals surface area contributed by atoms with Gasteiger partial charge in [0.05, 0.1) is 0 Å². The standard InChI is InChI=1S/C13H16.C2H6/c1-13(2,3)12-8-10-6-4-5-7-11(10)9-12;1-2/h4-8H,9H2,1-3H3;1-2H3. The summed E-state index contributed by atoms with van der Waals surface area (Å²) in [6.07, 6.45) is 3.48. The molecule has 0 aliphatic heterocycles. The highest BCUT2D eigenvalue weighted by Crippen LogP contribution is 2.35. The first-order valence-corrected chi connectivity index (χ1v) is 5.86. The Bertz CT molecular complexity index is 351. The van der Waals surface area contributed by atoms with Crippen molar-refractivity contribution in [3.8, 4) is 0 Å². The van der Waals surface area contributed by atoms with Crippen molar-refractivity contribution in [3.05, 3.63) is 41.0 Å². The molecule has 0 spiro atoms. The van der Waals surface area contributed by atoms with Crippen molar-refractivity contribution in [3.63, 3.8) is 0 Å². The van der Waals surface area contributed by atoms with Crippen LogP contribution >= 0.6 is 0 Å². The fourth-order valence-electron chi connectivity index (χ4n) is 1.76. The van der Waals surface area contributed by atoms with E-state index in [2.05, 4.69) is 51.1 Å². The van der Waals surface area contributed by atoms with Gasteiger partial charge in [0.1, 0.15) is 0 Å². The molecule has 1 aliphatic carbocycles. The lowest BCUT2D eigenvalue weighted by Crippen LogP contribution is -2.08. The van der Waals surface area contributed by atoms with Gasteiger partial charge in [0.25, 0.3) is 0 Å². The number of hydrogen-bond acceptors (Lipinski definition) is 0. The van der Waals surface area contributed by atoms with E-state index >= 15 is 0 Å². The fraction of sp³-hybridized carbons (Fsp3) is 0.467. The molecule has 15 heavy (non-hydrogen) atoms. The van der Waals surface area contributed by atoms with E-state index < -0.39 is 0 Å². The van der Waals surface area contributed by atoms with Gasteiger partial charge in [0, 0.05) is 0 Å². The van der Waals surface area contributed by atoms with Crippen molar-refractivity contribution < 1.29 is 0 Å². The molecule has 1 aliphatic rings. The average Bonchev–Trinajstić information content (AvgIpc) is 2.63. The monoisotopic (exact) mass is 202 g/mol. The van der Waals surface area contributed by atoms with Gasteiger partial charge in [-0.2, -0.15) is 0 Å². The highest BCUT2D eigenvalue weighted by Gasteiger charge is 2.22. The van der Waals surface area contributed by atoms with Crippen LogP contribution in [-0.2, 0) is 6.42 Å². The van der Waals surface area contributed by atoms with E-state index in [4.69, 9.17) is 0 Å². The van der Waals surface area contributed by atoms with E-state index in [0.29, 0.717) is 5.41 Å². The number of fused-ring (bicyclic) bond motifs is 1. The van der Waals surface area contributed by atoms with Crippen LogP contribution in [0.5, 0.6) is 0 Å². The van der Waals surface area contributed by atoms with E-state index in [1.807, 2.05) is 13.8 Å². The van der Waals surface area contributed by atoms with Crippen molar-refractivity contribution >= 4 is 6.08 Å². The van der Waals surface area contributed by atoms with Gasteiger partial charge in [0.15, 0.2) is 0 Å². The lowest BCUT2D eigenvalue weighted by Gasteiger charge is -2.19. The van der Waals surface area contributed by atoms with Crippen LogP contribution in [0.15, 0.2) is 29.8 Å². The molecular formula is C15H22. The van der Waals surface area contributed by atoms with Gasteiger partial charge >= 0.3 is 0 Å². The van der Waals surface area contributed by atoms with Crippen molar-refractivity contribution in [1.82, 2.24) is 0 Å².